The van der Waals surface area contributed by atoms with E-state index in [4.69, 9.17) is 0 Å². The summed E-state index contributed by atoms with van der Waals surface area (Å²) < 4.78 is 1.69. The van der Waals surface area contributed by atoms with Gasteiger partial charge in [0.1, 0.15) is 5.60 Å². The third-order valence-electron chi connectivity index (χ3n) is 4.56. The molecule has 0 radical (unpaired) electrons. The molecule has 0 bridgehead atoms. The third kappa shape index (κ3) is 4.39. The fourth-order valence-corrected chi connectivity index (χ4v) is 2.94. The van der Waals surface area contributed by atoms with Crippen LogP contribution in [0.15, 0.2) is 47.7 Å². The first-order chi connectivity index (χ1) is 12.0. The first-order valence-electron chi connectivity index (χ1n) is 8.81. The van der Waals surface area contributed by atoms with Crippen LogP contribution in [0.4, 0.5) is 0 Å². The molecule has 1 heterocycles. The molecule has 0 spiro atoms. The van der Waals surface area contributed by atoms with Crippen molar-refractivity contribution in [2.75, 3.05) is 13.1 Å². The second kappa shape index (κ2) is 7.27. The quantitative estimate of drug-likeness (QED) is 0.553. The maximum absolute atomic E-state index is 10.7. The first kappa shape index (κ1) is 17.5. The lowest BCUT2D eigenvalue weighted by Crippen LogP contribution is -2.40. The minimum absolute atomic E-state index is 0.275. The molecule has 25 heavy (non-hydrogen) atoms. The summed E-state index contributed by atoms with van der Waals surface area (Å²) in [6.07, 6.45) is 4.61. The van der Waals surface area contributed by atoms with Crippen LogP contribution in [0.2, 0.25) is 0 Å². The van der Waals surface area contributed by atoms with E-state index in [2.05, 4.69) is 45.0 Å². The second-order valence-corrected chi connectivity index (χ2v) is 6.88. The van der Waals surface area contributed by atoms with Crippen molar-refractivity contribution in [1.82, 2.24) is 20.4 Å². The summed E-state index contributed by atoms with van der Waals surface area (Å²) in [5, 5.41) is 21.5. The van der Waals surface area contributed by atoms with Crippen LogP contribution < -0.4 is 10.6 Å². The smallest absolute Gasteiger partial charge is 0.191 e. The van der Waals surface area contributed by atoms with Crippen LogP contribution in [0.3, 0.4) is 0 Å². The van der Waals surface area contributed by atoms with E-state index in [1.807, 2.05) is 26.2 Å². The van der Waals surface area contributed by atoms with Crippen molar-refractivity contribution >= 4 is 5.96 Å². The number of aliphatic hydroxyl groups is 1. The highest BCUT2D eigenvalue weighted by Crippen LogP contribution is 2.40. The Bertz CT molecular complexity index is 722. The Kier molecular flexibility index (Phi) is 5.08. The zero-order chi connectivity index (χ0) is 17.9. The van der Waals surface area contributed by atoms with Crippen LogP contribution in [0.5, 0.6) is 0 Å². The number of benzene rings is 1. The molecule has 3 unspecified atom stereocenters. The molecule has 0 amide bonds. The van der Waals surface area contributed by atoms with Gasteiger partial charge in [-0.3, -0.25) is 4.68 Å². The van der Waals surface area contributed by atoms with E-state index in [0.717, 1.165) is 24.5 Å². The Labute approximate surface area is 149 Å². The predicted octanol–water partition coefficient (Wildman–Crippen LogP) is 1.74. The number of nitrogens with one attached hydrogen (secondary N) is 2. The molecule has 1 fully saturated rings. The van der Waals surface area contributed by atoms with Gasteiger partial charge in [-0.05, 0) is 25.8 Å². The molecule has 0 aliphatic heterocycles. The number of nitrogens with zero attached hydrogens (tertiary/aromatic N) is 3. The van der Waals surface area contributed by atoms with Gasteiger partial charge in [-0.1, -0.05) is 30.3 Å². The molecule has 6 nitrogen and oxygen atoms in total. The van der Waals surface area contributed by atoms with E-state index in [1.54, 1.807) is 17.8 Å². The van der Waals surface area contributed by atoms with Crippen LogP contribution in [0.1, 0.15) is 37.3 Å². The highest BCUT2D eigenvalue weighted by molar-refractivity contribution is 5.80. The molecular formula is C19H27N5O. The van der Waals surface area contributed by atoms with E-state index in [1.165, 1.54) is 5.56 Å². The van der Waals surface area contributed by atoms with E-state index < -0.39 is 5.60 Å². The van der Waals surface area contributed by atoms with E-state index >= 15 is 0 Å². The highest BCUT2D eigenvalue weighted by atomic mass is 16.3. The van der Waals surface area contributed by atoms with Gasteiger partial charge in [-0.25, -0.2) is 4.99 Å². The van der Waals surface area contributed by atoms with E-state index in [9.17, 15) is 5.11 Å². The van der Waals surface area contributed by atoms with Crippen molar-refractivity contribution < 1.29 is 5.11 Å². The molecule has 2 aromatic rings. The van der Waals surface area contributed by atoms with Gasteiger partial charge >= 0.3 is 0 Å². The van der Waals surface area contributed by atoms with Crippen molar-refractivity contribution in [3.8, 4) is 0 Å². The van der Waals surface area contributed by atoms with Crippen LogP contribution in [-0.2, 0) is 12.6 Å². The Morgan fingerprint density at radius 2 is 2.16 bits per heavy atom. The van der Waals surface area contributed by atoms with Gasteiger partial charge in [-0.15, -0.1) is 0 Å². The lowest BCUT2D eigenvalue weighted by molar-refractivity contribution is 0.0671. The summed E-state index contributed by atoms with van der Waals surface area (Å²) in [6, 6.07) is 10.9. The summed E-state index contributed by atoms with van der Waals surface area (Å²) in [6.45, 7) is 4.86. The lowest BCUT2D eigenvalue weighted by atomic mass is 10.0. The minimum Gasteiger partial charge on any atom is -0.383 e. The van der Waals surface area contributed by atoms with Gasteiger partial charge in [0.15, 0.2) is 5.96 Å². The topological polar surface area (TPSA) is 74.5 Å². The van der Waals surface area contributed by atoms with Crippen molar-refractivity contribution in [1.29, 1.82) is 0 Å². The van der Waals surface area contributed by atoms with Crippen molar-refractivity contribution in [3.63, 3.8) is 0 Å². The number of aliphatic imine (C=N–C) groups is 1. The zero-order valence-corrected chi connectivity index (χ0v) is 15.1. The summed E-state index contributed by atoms with van der Waals surface area (Å²) in [5.41, 5.74) is 1.08. The Hall–Kier alpha value is -2.34. The van der Waals surface area contributed by atoms with Gasteiger partial charge in [0.25, 0.3) is 0 Å². The second-order valence-electron chi connectivity index (χ2n) is 6.88. The van der Waals surface area contributed by atoms with Crippen molar-refractivity contribution in [3.05, 3.63) is 53.9 Å². The number of guanidine groups is 1. The SMILES string of the molecule is CCNC(=NCC(C)(O)c1cnn(C)c1)NC1CC1c1ccccc1. The standard InChI is InChI=1S/C19H27N5O/c1-4-20-18(21-13-19(2,25)15-11-22-24(3)12-15)23-17-10-16(17)14-8-6-5-7-9-14/h5-9,11-12,16-17,25H,4,10,13H2,1-3H3,(H2,20,21,23). The molecule has 3 N–H and O–H groups in total. The fraction of sp³-hybridized carbons (Fsp3) is 0.474. The Balaban J connectivity index is 1.62. The molecule has 1 aliphatic carbocycles. The third-order valence-corrected chi connectivity index (χ3v) is 4.56. The zero-order valence-electron chi connectivity index (χ0n) is 15.1. The number of rotatable bonds is 6. The van der Waals surface area contributed by atoms with E-state index in [0.29, 0.717) is 12.0 Å². The maximum Gasteiger partial charge on any atom is 0.191 e. The first-order valence-corrected chi connectivity index (χ1v) is 8.81. The number of hydrogen-bond acceptors (Lipinski definition) is 3. The largest absolute Gasteiger partial charge is 0.383 e. The van der Waals surface area contributed by atoms with Crippen LogP contribution in [0, 0.1) is 0 Å². The number of hydrogen-bond donors (Lipinski definition) is 3. The number of aromatic nitrogens is 2. The molecule has 1 aliphatic rings. The molecule has 1 aromatic heterocycles. The van der Waals surface area contributed by atoms with Crippen LogP contribution >= 0.6 is 0 Å². The Morgan fingerprint density at radius 1 is 1.40 bits per heavy atom. The summed E-state index contributed by atoms with van der Waals surface area (Å²) >= 11 is 0. The van der Waals surface area contributed by atoms with Gasteiger partial charge in [0, 0.05) is 37.3 Å². The summed E-state index contributed by atoms with van der Waals surface area (Å²) in [4.78, 5) is 4.59. The minimum atomic E-state index is -1.04. The molecular weight excluding hydrogens is 314 g/mol. The molecule has 134 valence electrons. The number of aryl methyl sites for hydroxylation is 1. The van der Waals surface area contributed by atoms with Gasteiger partial charge in [0.05, 0.1) is 12.7 Å². The maximum atomic E-state index is 10.7. The van der Waals surface area contributed by atoms with E-state index in [-0.39, 0.29) is 6.54 Å². The monoisotopic (exact) mass is 341 g/mol. The van der Waals surface area contributed by atoms with Crippen LogP contribution in [-0.4, -0.2) is 40.0 Å². The molecule has 3 atom stereocenters. The van der Waals surface area contributed by atoms with Gasteiger partial charge < -0.3 is 15.7 Å². The molecule has 6 heteroatoms. The summed E-state index contributed by atoms with van der Waals surface area (Å²) in [7, 11) is 1.84. The average Bonchev–Trinajstić information content (AvgIpc) is 3.22. The summed E-state index contributed by atoms with van der Waals surface area (Å²) in [5.74, 6) is 1.28. The molecule has 0 saturated heterocycles. The highest BCUT2D eigenvalue weighted by Gasteiger charge is 2.39. The average molecular weight is 341 g/mol. The Morgan fingerprint density at radius 3 is 2.80 bits per heavy atom. The predicted molar refractivity (Wildman–Crippen MR) is 99.5 cm³/mol. The van der Waals surface area contributed by atoms with Gasteiger partial charge in [0.2, 0.25) is 0 Å². The lowest BCUT2D eigenvalue weighted by Gasteiger charge is -2.20. The normalized spacial score (nSPS) is 22.3. The van der Waals surface area contributed by atoms with Crippen LogP contribution in [0.25, 0.3) is 0 Å². The van der Waals surface area contributed by atoms with Crippen molar-refractivity contribution in [2.24, 2.45) is 12.0 Å². The fourth-order valence-electron chi connectivity index (χ4n) is 2.94. The molecule has 1 aromatic carbocycles. The molecule has 1 saturated carbocycles. The van der Waals surface area contributed by atoms with Gasteiger partial charge in [-0.2, -0.15) is 5.10 Å². The molecule has 3 rings (SSSR count). The van der Waals surface area contributed by atoms with Crippen molar-refractivity contribution in [2.45, 2.75) is 37.8 Å².